The summed E-state index contributed by atoms with van der Waals surface area (Å²) in [6, 6.07) is 23.4. The van der Waals surface area contributed by atoms with Gasteiger partial charge < -0.3 is 9.47 Å². The van der Waals surface area contributed by atoms with E-state index < -0.39 is 18.0 Å². The van der Waals surface area contributed by atoms with Crippen LogP contribution in [0.3, 0.4) is 0 Å². The molecule has 2 aromatic heterocycles. The van der Waals surface area contributed by atoms with E-state index in [1.165, 1.54) is 28.9 Å². The second-order valence-corrected chi connectivity index (χ2v) is 12.3. The van der Waals surface area contributed by atoms with Crippen molar-refractivity contribution >= 4 is 45.3 Å². The number of aromatic nitrogens is 3. The molecule has 46 heavy (non-hydrogen) atoms. The molecule has 0 bridgehead atoms. The number of para-hydroxylation sites is 1. The van der Waals surface area contributed by atoms with E-state index in [1.807, 2.05) is 66.9 Å². The Bertz CT molecular complexity index is 2180. The Balaban J connectivity index is 1.53. The first-order valence-electron chi connectivity index (χ1n) is 14.2. The number of hydrogen-bond donors (Lipinski definition) is 0. The van der Waals surface area contributed by atoms with Gasteiger partial charge in [0.25, 0.3) is 5.56 Å². The van der Waals surface area contributed by atoms with Gasteiger partial charge in [-0.05, 0) is 55.0 Å². The number of nitrogens with zero attached hydrogens (tertiary/aromatic N) is 4. The summed E-state index contributed by atoms with van der Waals surface area (Å²) in [6.07, 6.45) is 5.17. The van der Waals surface area contributed by atoms with Gasteiger partial charge in [-0.2, -0.15) is 5.10 Å². The molecule has 3 aromatic carbocycles. The molecule has 0 aliphatic carbocycles. The molecule has 0 amide bonds. The standard InChI is InChI=1S/C35H27BrN4O5S/c1-4-18-44-34(43)30-21(2)37-35-40(32(30)24-12-16-28(17-13-24)45-22(3)41)33(42)29(46-35)19-25-20-39(27-8-6-5-7-9-27)38-31(25)23-10-14-26(36)15-11-23/h4-17,19-20,32H,1,18H2,2-3H3. The van der Waals surface area contributed by atoms with E-state index in [2.05, 4.69) is 27.5 Å². The molecule has 9 nitrogen and oxygen atoms in total. The predicted octanol–water partition coefficient (Wildman–Crippen LogP) is 5.50. The number of benzene rings is 3. The molecule has 0 saturated heterocycles. The molecule has 0 radical (unpaired) electrons. The molecule has 1 aliphatic heterocycles. The third-order valence-corrected chi connectivity index (χ3v) is 8.71. The van der Waals surface area contributed by atoms with E-state index in [-0.39, 0.29) is 17.7 Å². The summed E-state index contributed by atoms with van der Waals surface area (Å²) in [6.45, 7) is 6.67. The predicted molar refractivity (Wildman–Crippen MR) is 179 cm³/mol. The van der Waals surface area contributed by atoms with Crippen LogP contribution < -0.4 is 19.6 Å². The Morgan fingerprint density at radius 3 is 2.43 bits per heavy atom. The topological polar surface area (TPSA) is 105 Å². The number of carbonyl (C=O) groups excluding carboxylic acids is 2. The van der Waals surface area contributed by atoms with E-state index in [0.717, 1.165) is 21.3 Å². The van der Waals surface area contributed by atoms with Crippen LogP contribution in [0.5, 0.6) is 5.75 Å². The minimum absolute atomic E-state index is 0.00236. The van der Waals surface area contributed by atoms with Gasteiger partial charge in [0.15, 0.2) is 4.80 Å². The van der Waals surface area contributed by atoms with Crippen molar-refractivity contribution in [3.8, 4) is 22.7 Å². The van der Waals surface area contributed by atoms with Gasteiger partial charge >= 0.3 is 11.9 Å². The Morgan fingerprint density at radius 1 is 1.04 bits per heavy atom. The van der Waals surface area contributed by atoms with Gasteiger partial charge in [-0.25, -0.2) is 14.5 Å². The number of hydrogen-bond acceptors (Lipinski definition) is 8. The van der Waals surface area contributed by atoms with Crippen LogP contribution in [0.25, 0.3) is 23.0 Å². The second kappa shape index (κ2) is 13.1. The average Bonchev–Trinajstić information content (AvgIpc) is 3.60. The number of halogens is 1. The molecule has 0 fully saturated rings. The van der Waals surface area contributed by atoms with Crippen molar-refractivity contribution in [2.75, 3.05) is 6.61 Å². The van der Waals surface area contributed by atoms with Crippen LogP contribution in [-0.4, -0.2) is 32.9 Å². The number of thiazole rings is 1. The van der Waals surface area contributed by atoms with Gasteiger partial charge in [0.1, 0.15) is 12.4 Å². The van der Waals surface area contributed by atoms with Crippen molar-refractivity contribution in [2.45, 2.75) is 19.9 Å². The fourth-order valence-corrected chi connectivity index (χ4v) is 6.48. The van der Waals surface area contributed by atoms with Gasteiger partial charge in [-0.1, -0.05) is 82.4 Å². The van der Waals surface area contributed by atoms with E-state index in [9.17, 15) is 14.4 Å². The Morgan fingerprint density at radius 2 is 1.76 bits per heavy atom. The van der Waals surface area contributed by atoms with Crippen LogP contribution in [-0.2, 0) is 14.3 Å². The van der Waals surface area contributed by atoms with Gasteiger partial charge in [-0.3, -0.25) is 14.2 Å². The third-order valence-electron chi connectivity index (χ3n) is 7.20. The quantitative estimate of drug-likeness (QED) is 0.121. The molecule has 0 N–H and O–H groups in total. The lowest BCUT2D eigenvalue weighted by atomic mass is 9.96. The lowest BCUT2D eigenvalue weighted by Crippen LogP contribution is -2.39. The average molecular weight is 696 g/mol. The van der Waals surface area contributed by atoms with Crippen molar-refractivity contribution in [3.05, 3.63) is 144 Å². The smallest absolute Gasteiger partial charge is 0.338 e. The number of carbonyl (C=O) groups is 2. The lowest BCUT2D eigenvalue weighted by molar-refractivity contribution is -0.138. The highest BCUT2D eigenvalue weighted by Gasteiger charge is 2.33. The van der Waals surface area contributed by atoms with Crippen LogP contribution in [0, 0.1) is 0 Å². The van der Waals surface area contributed by atoms with Gasteiger partial charge in [0, 0.05) is 28.7 Å². The highest BCUT2D eigenvalue weighted by molar-refractivity contribution is 9.10. The highest BCUT2D eigenvalue weighted by atomic mass is 79.9. The molecule has 1 atom stereocenters. The summed E-state index contributed by atoms with van der Waals surface area (Å²) in [5, 5.41) is 4.88. The maximum absolute atomic E-state index is 14.3. The van der Waals surface area contributed by atoms with E-state index >= 15 is 0 Å². The molecule has 11 heteroatoms. The second-order valence-electron chi connectivity index (χ2n) is 10.4. The van der Waals surface area contributed by atoms with Crippen LogP contribution in [0.15, 0.2) is 123 Å². The summed E-state index contributed by atoms with van der Waals surface area (Å²) in [5.41, 5.74) is 4.15. The van der Waals surface area contributed by atoms with Crippen molar-refractivity contribution in [2.24, 2.45) is 4.99 Å². The van der Waals surface area contributed by atoms with Crippen LogP contribution in [0.2, 0.25) is 0 Å². The van der Waals surface area contributed by atoms with Crippen molar-refractivity contribution in [3.63, 3.8) is 0 Å². The number of esters is 2. The van der Waals surface area contributed by atoms with E-state index in [0.29, 0.717) is 32.0 Å². The minimum Gasteiger partial charge on any atom is -0.458 e. The Labute approximate surface area is 276 Å². The summed E-state index contributed by atoms with van der Waals surface area (Å²) in [5.74, 6) is -0.717. The molecule has 1 aliphatic rings. The third kappa shape index (κ3) is 6.19. The van der Waals surface area contributed by atoms with Crippen molar-refractivity contribution in [1.82, 2.24) is 14.3 Å². The zero-order chi connectivity index (χ0) is 32.4. The van der Waals surface area contributed by atoms with Gasteiger partial charge in [-0.15, -0.1) is 0 Å². The molecule has 0 saturated carbocycles. The van der Waals surface area contributed by atoms with Crippen LogP contribution >= 0.6 is 27.3 Å². The minimum atomic E-state index is -0.833. The largest absolute Gasteiger partial charge is 0.458 e. The molecule has 230 valence electrons. The normalized spacial score (nSPS) is 14.4. The first kappa shape index (κ1) is 30.9. The first-order valence-corrected chi connectivity index (χ1v) is 15.8. The molecule has 5 aromatic rings. The summed E-state index contributed by atoms with van der Waals surface area (Å²) >= 11 is 4.72. The zero-order valence-electron chi connectivity index (χ0n) is 24.8. The first-order chi connectivity index (χ1) is 22.2. The molecule has 3 heterocycles. The molecule has 1 unspecified atom stereocenters. The molecular weight excluding hydrogens is 668 g/mol. The lowest BCUT2D eigenvalue weighted by Gasteiger charge is -2.24. The maximum Gasteiger partial charge on any atom is 0.338 e. The molecule has 6 rings (SSSR count). The SMILES string of the molecule is C=CCOC(=O)C1=C(C)N=c2sc(=Cc3cn(-c4ccccc4)nc3-c3ccc(Br)cc3)c(=O)n2C1c1ccc(OC(C)=O)cc1. The van der Waals surface area contributed by atoms with Gasteiger partial charge in [0.2, 0.25) is 0 Å². The maximum atomic E-state index is 14.3. The summed E-state index contributed by atoms with van der Waals surface area (Å²) in [4.78, 5) is 44.2. The number of rotatable bonds is 8. The van der Waals surface area contributed by atoms with Crippen molar-refractivity contribution in [1.29, 1.82) is 0 Å². The van der Waals surface area contributed by atoms with Crippen molar-refractivity contribution < 1.29 is 19.1 Å². The van der Waals surface area contributed by atoms with Crippen LogP contribution in [0.1, 0.15) is 31.0 Å². The van der Waals surface area contributed by atoms with Crippen LogP contribution in [0.4, 0.5) is 0 Å². The highest BCUT2D eigenvalue weighted by Crippen LogP contribution is 2.32. The van der Waals surface area contributed by atoms with Gasteiger partial charge in [0.05, 0.1) is 33.2 Å². The summed E-state index contributed by atoms with van der Waals surface area (Å²) in [7, 11) is 0. The monoisotopic (exact) mass is 694 g/mol. The Kier molecular flexibility index (Phi) is 8.78. The summed E-state index contributed by atoms with van der Waals surface area (Å²) < 4.78 is 15.3. The molecular formula is C35H27BrN4O5S. The fourth-order valence-electron chi connectivity index (χ4n) is 5.17. The van der Waals surface area contributed by atoms with E-state index in [4.69, 9.17) is 14.6 Å². The fraction of sp³-hybridized carbons (Fsp3) is 0.114. The number of allylic oxidation sites excluding steroid dienone is 1. The molecule has 0 spiro atoms. The zero-order valence-corrected chi connectivity index (χ0v) is 27.2. The number of ether oxygens (including phenoxy) is 2. The Hall–Kier alpha value is -5.13. The van der Waals surface area contributed by atoms with E-state index in [1.54, 1.807) is 35.9 Å². The number of fused-ring (bicyclic) bond motifs is 1.